The fourth-order valence-corrected chi connectivity index (χ4v) is 7.11. The molecular weight excluding hydrogens is 561 g/mol. The number of hydrogen-bond acceptors (Lipinski definition) is 6. The Balaban J connectivity index is 1.01. The third-order valence-corrected chi connectivity index (χ3v) is 9.59. The van der Waals surface area contributed by atoms with E-state index in [1.807, 2.05) is 64.9 Å². The number of amides is 2. The number of nitrogens with one attached hydrogen (secondary N) is 1. The van der Waals surface area contributed by atoms with Crippen LogP contribution in [0.5, 0.6) is 0 Å². The summed E-state index contributed by atoms with van der Waals surface area (Å²) in [7, 11) is 0. The van der Waals surface area contributed by atoms with Gasteiger partial charge in [-0.15, -0.1) is 11.3 Å². The van der Waals surface area contributed by atoms with Crippen molar-refractivity contribution in [2.24, 2.45) is 0 Å². The van der Waals surface area contributed by atoms with E-state index in [1.165, 1.54) is 34.2 Å². The summed E-state index contributed by atoms with van der Waals surface area (Å²) in [5, 5.41) is 7.06. The van der Waals surface area contributed by atoms with Gasteiger partial charge in [0.2, 0.25) is 11.8 Å². The number of carbonyl (C=O) groups is 2. The highest BCUT2D eigenvalue weighted by atomic mass is 32.2. The lowest BCUT2D eigenvalue weighted by Crippen LogP contribution is -2.50. The average molecular weight is 593 g/mol. The van der Waals surface area contributed by atoms with Crippen LogP contribution >= 0.6 is 23.1 Å². The molecule has 0 radical (unpaired) electrons. The fourth-order valence-electron chi connectivity index (χ4n) is 5.46. The lowest BCUT2D eigenvalue weighted by Gasteiger charge is -2.39. The van der Waals surface area contributed by atoms with E-state index in [2.05, 4.69) is 63.7 Å². The van der Waals surface area contributed by atoms with Gasteiger partial charge in [0.1, 0.15) is 0 Å². The van der Waals surface area contributed by atoms with Crippen LogP contribution in [0.1, 0.15) is 22.9 Å². The minimum Gasteiger partial charge on any atom is -0.340 e. The molecule has 1 aliphatic rings. The van der Waals surface area contributed by atoms with Gasteiger partial charge < -0.3 is 10.2 Å². The maximum absolute atomic E-state index is 13.2. The number of anilines is 1. The van der Waals surface area contributed by atoms with Crippen molar-refractivity contribution in [1.82, 2.24) is 14.8 Å². The molecule has 0 spiro atoms. The van der Waals surface area contributed by atoms with Crippen LogP contribution < -0.4 is 5.32 Å². The number of hydrogen-bond donors (Lipinski definition) is 1. The number of thioether (sulfide) groups is 1. The third-order valence-electron chi connectivity index (χ3n) is 7.52. The van der Waals surface area contributed by atoms with Gasteiger partial charge in [-0.3, -0.25) is 14.5 Å². The molecule has 6 rings (SSSR count). The second-order valence-corrected chi connectivity index (χ2v) is 12.4. The van der Waals surface area contributed by atoms with Gasteiger partial charge in [-0.25, -0.2) is 4.98 Å². The molecule has 1 fully saturated rings. The Morgan fingerprint density at radius 2 is 1.45 bits per heavy atom. The SMILES string of the molecule is O=C(CSc1nc(CC(=O)N2CCN(C(c3ccccc3)c3ccccc3)CC2)cs1)Nc1cccc2ccccc12. The zero-order chi connectivity index (χ0) is 28.7. The Morgan fingerprint density at radius 3 is 2.17 bits per heavy atom. The molecule has 2 heterocycles. The minimum atomic E-state index is -0.0774. The number of piperazine rings is 1. The molecule has 8 heteroatoms. The van der Waals surface area contributed by atoms with Crippen LogP contribution in [-0.2, 0) is 16.0 Å². The summed E-state index contributed by atoms with van der Waals surface area (Å²) in [6, 6.07) is 35.2. The van der Waals surface area contributed by atoms with Crippen molar-refractivity contribution < 1.29 is 9.59 Å². The second kappa shape index (κ2) is 13.3. The van der Waals surface area contributed by atoms with Gasteiger partial charge in [0.05, 0.1) is 23.9 Å². The molecule has 2 amide bonds. The predicted molar refractivity (Wildman–Crippen MR) is 172 cm³/mol. The molecule has 1 aromatic heterocycles. The number of thiazole rings is 1. The first-order valence-electron chi connectivity index (χ1n) is 14.1. The van der Waals surface area contributed by atoms with Crippen molar-refractivity contribution in [1.29, 1.82) is 0 Å². The molecule has 212 valence electrons. The van der Waals surface area contributed by atoms with Gasteiger partial charge >= 0.3 is 0 Å². The summed E-state index contributed by atoms with van der Waals surface area (Å²) in [5.41, 5.74) is 4.10. The fraction of sp³-hybridized carbons (Fsp3) is 0.206. The van der Waals surface area contributed by atoms with Crippen LogP contribution in [0.25, 0.3) is 10.8 Å². The molecule has 1 aliphatic heterocycles. The maximum atomic E-state index is 13.2. The number of aromatic nitrogens is 1. The van der Waals surface area contributed by atoms with Gasteiger partial charge in [0.15, 0.2) is 4.34 Å². The quantitative estimate of drug-likeness (QED) is 0.198. The molecule has 1 N–H and O–H groups in total. The first-order valence-corrected chi connectivity index (χ1v) is 16.0. The highest BCUT2D eigenvalue weighted by Crippen LogP contribution is 2.30. The van der Waals surface area contributed by atoms with E-state index in [-0.39, 0.29) is 30.0 Å². The minimum absolute atomic E-state index is 0.0774. The molecule has 42 heavy (non-hydrogen) atoms. The highest BCUT2D eigenvalue weighted by Gasteiger charge is 2.28. The first kappa shape index (κ1) is 28.2. The van der Waals surface area contributed by atoms with Crippen molar-refractivity contribution in [2.75, 3.05) is 37.2 Å². The van der Waals surface area contributed by atoms with Crippen LogP contribution in [0, 0.1) is 0 Å². The van der Waals surface area contributed by atoms with Gasteiger partial charge in [-0.2, -0.15) is 0 Å². The predicted octanol–water partition coefficient (Wildman–Crippen LogP) is 6.50. The molecule has 4 aromatic carbocycles. The third kappa shape index (κ3) is 6.73. The van der Waals surface area contributed by atoms with E-state index in [1.54, 1.807) is 0 Å². The Kier molecular flexibility index (Phi) is 8.94. The molecular formula is C34H32N4O2S2. The smallest absolute Gasteiger partial charge is 0.234 e. The van der Waals surface area contributed by atoms with Crippen LogP contribution in [0.3, 0.4) is 0 Å². The van der Waals surface area contributed by atoms with Crippen molar-refractivity contribution >= 4 is 51.4 Å². The zero-order valence-corrected chi connectivity index (χ0v) is 24.8. The lowest BCUT2D eigenvalue weighted by atomic mass is 9.96. The summed E-state index contributed by atoms with van der Waals surface area (Å²) in [6.07, 6.45) is 0.278. The normalized spacial score (nSPS) is 13.9. The number of fused-ring (bicyclic) bond motifs is 1. The summed E-state index contributed by atoms with van der Waals surface area (Å²) >= 11 is 2.88. The number of rotatable bonds is 9. The van der Waals surface area contributed by atoms with Crippen LogP contribution in [0.2, 0.25) is 0 Å². The van der Waals surface area contributed by atoms with E-state index in [9.17, 15) is 9.59 Å². The number of benzene rings is 4. The maximum Gasteiger partial charge on any atom is 0.234 e. The van der Waals surface area contributed by atoms with E-state index in [4.69, 9.17) is 0 Å². The largest absolute Gasteiger partial charge is 0.340 e. The summed E-state index contributed by atoms with van der Waals surface area (Å²) in [4.78, 5) is 34.9. The summed E-state index contributed by atoms with van der Waals surface area (Å²) in [6.45, 7) is 3.00. The molecule has 0 atom stereocenters. The second-order valence-electron chi connectivity index (χ2n) is 10.3. The number of carbonyl (C=O) groups excluding carboxylic acids is 2. The van der Waals surface area contributed by atoms with Gasteiger partial charge in [-0.1, -0.05) is 109 Å². The van der Waals surface area contributed by atoms with Crippen LogP contribution in [0.4, 0.5) is 5.69 Å². The standard InChI is InChI=1S/C34H32N4O2S2/c39-31(36-30-17-9-15-25-10-7-8-16-29(25)30)24-42-34-35-28(23-41-34)22-32(40)37-18-20-38(21-19-37)33(26-11-3-1-4-12-26)27-13-5-2-6-14-27/h1-17,23,33H,18-22,24H2,(H,36,39). The zero-order valence-electron chi connectivity index (χ0n) is 23.2. The molecule has 6 nitrogen and oxygen atoms in total. The summed E-state index contributed by atoms with van der Waals surface area (Å²) in [5.74, 6) is 0.281. The molecule has 0 saturated carbocycles. The van der Waals surface area contributed by atoms with Crippen molar-refractivity contribution in [3.63, 3.8) is 0 Å². The van der Waals surface area contributed by atoms with E-state index >= 15 is 0 Å². The van der Waals surface area contributed by atoms with Crippen LogP contribution in [-0.4, -0.2) is 58.5 Å². The Labute approximate surface area is 254 Å². The van der Waals surface area contributed by atoms with Crippen molar-refractivity contribution in [3.05, 3.63) is 125 Å². The molecule has 1 saturated heterocycles. The lowest BCUT2D eigenvalue weighted by molar-refractivity contribution is -0.132. The topological polar surface area (TPSA) is 65.5 Å². The van der Waals surface area contributed by atoms with Gasteiger partial charge in [0, 0.05) is 42.6 Å². The monoisotopic (exact) mass is 592 g/mol. The van der Waals surface area contributed by atoms with Crippen molar-refractivity contribution in [3.8, 4) is 0 Å². The Bertz CT molecular complexity index is 1610. The highest BCUT2D eigenvalue weighted by molar-refractivity contribution is 8.01. The average Bonchev–Trinajstić information content (AvgIpc) is 3.49. The molecule has 0 aliphatic carbocycles. The van der Waals surface area contributed by atoms with Crippen molar-refractivity contribution in [2.45, 2.75) is 16.8 Å². The Hall–Kier alpha value is -3.98. The van der Waals surface area contributed by atoms with E-state index < -0.39 is 0 Å². The van der Waals surface area contributed by atoms with E-state index in [0.717, 1.165) is 39.6 Å². The summed E-state index contributed by atoms with van der Waals surface area (Å²) < 4.78 is 0.796. The molecule has 0 bridgehead atoms. The van der Waals surface area contributed by atoms with Gasteiger partial charge in [-0.05, 0) is 22.6 Å². The van der Waals surface area contributed by atoms with Crippen LogP contribution in [0.15, 0.2) is 113 Å². The van der Waals surface area contributed by atoms with Gasteiger partial charge in [0.25, 0.3) is 0 Å². The molecule has 0 unspecified atom stereocenters. The number of nitrogens with zero attached hydrogens (tertiary/aromatic N) is 3. The Morgan fingerprint density at radius 1 is 0.810 bits per heavy atom. The first-order chi connectivity index (χ1) is 20.6. The molecule has 5 aromatic rings. The van der Waals surface area contributed by atoms with E-state index in [0.29, 0.717) is 13.1 Å².